The lowest BCUT2D eigenvalue weighted by Crippen LogP contribution is -2.00. The highest BCUT2D eigenvalue weighted by Crippen LogP contribution is 1.87. The van der Waals surface area contributed by atoms with E-state index in [4.69, 9.17) is 15.3 Å². The van der Waals surface area contributed by atoms with Gasteiger partial charge in [-0.3, -0.25) is 4.79 Å². The van der Waals surface area contributed by atoms with Crippen molar-refractivity contribution in [3.8, 4) is 0 Å². The van der Waals surface area contributed by atoms with Crippen LogP contribution in [0.1, 0.15) is 12.8 Å². The number of aliphatic hydroxyl groups excluding tert-OH is 3. The molecule has 0 spiro atoms. The molecule has 3 N–H and O–H groups in total. The van der Waals surface area contributed by atoms with Crippen LogP contribution in [-0.4, -0.2) is 48.2 Å². The molecule has 0 saturated carbocycles. The summed E-state index contributed by atoms with van der Waals surface area (Å²) in [6.07, 6.45) is 0.805. The van der Waals surface area contributed by atoms with Gasteiger partial charge >= 0.3 is 5.97 Å². The molecule has 0 aliphatic heterocycles. The Kier molecular flexibility index (Phi) is 15.0. The van der Waals surface area contributed by atoms with Crippen molar-refractivity contribution in [1.82, 2.24) is 0 Å². The lowest BCUT2D eigenvalue weighted by molar-refractivity contribution is -0.140. The number of carbonyl (C=O) groups excluding carboxylic acids is 1. The van der Waals surface area contributed by atoms with Crippen LogP contribution in [0.5, 0.6) is 0 Å². The van der Waals surface area contributed by atoms with Gasteiger partial charge in [-0.05, 0) is 6.42 Å². The molecule has 0 amide bonds. The van der Waals surface area contributed by atoms with Crippen molar-refractivity contribution in [2.24, 2.45) is 0 Å². The Bertz CT molecular complexity index is 91.8. The van der Waals surface area contributed by atoms with E-state index in [2.05, 4.69) is 4.74 Å². The number of methoxy groups -OCH3 is 1. The van der Waals surface area contributed by atoms with Gasteiger partial charge in [-0.25, -0.2) is 0 Å². The number of esters is 1. The molecule has 0 heterocycles. The highest BCUT2D eigenvalue weighted by atomic mass is 16.5. The van der Waals surface area contributed by atoms with Crippen molar-refractivity contribution in [3.63, 3.8) is 0 Å². The first-order chi connectivity index (χ1) is 5.72. The van der Waals surface area contributed by atoms with Gasteiger partial charge in [0.1, 0.15) is 0 Å². The van der Waals surface area contributed by atoms with E-state index < -0.39 is 0 Å². The second-order valence-corrected chi connectivity index (χ2v) is 1.85. The van der Waals surface area contributed by atoms with Crippen LogP contribution in [0.15, 0.2) is 0 Å². The molecule has 0 bridgehead atoms. The third-order valence-electron chi connectivity index (χ3n) is 0.867. The molecule has 0 aromatic rings. The molecule has 5 nitrogen and oxygen atoms in total. The summed E-state index contributed by atoms with van der Waals surface area (Å²) in [5, 5.41) is 23.5. The first-order valence-corrected chi connectivity index (χ1v) is 3.62. The molecule has 0 aromatic heterocycles. The number of hydrogen-bond donors (Lipinski definition) is 3. The van der Waals surface area contributed by atoms with Gasteiger partial charge in [0.25, 0.3) is 0 Å². The summed E-state index contributed by atoms with van der Waals surface area (Å²) < 4.78 is 4.30. The predicted molar refractivity (Wildman–Crippen MR) is 42.5 cm³/mol. The molecular weight excluding hydrogens is 164 g/mol. The zero-order valence-electron chi connectivity index (χ0n) is 7.19. The van der Waals surface area contributed by atoms with E-state index in [0.717, 1.165) is 0 Å². The van der Waals surface area contributed by atoms with E-state index in [9.17, 15) is 4.79 Å². The Hall–Kier alpha value is -0.650. The molecular formula is C7H16O5. The maximum Gasteiger partial charge on any atom is 0.305 e. The van der Waals surface area contributed by atoms with Gasteiger partial charge < -0.3 is 20.1 Å². The third-order valence-corrected chi connectivity index (χ3v) is 0.867. The SMILES string of the molecule is COC(=O)CCCO.OCCO. The number of carbonyl (C=O) groups is 1. The molecule has 12 heavy (non-hydrogen) atoms. The molecule has 0 aliphatic carbocycles. The molecule has 0 radical (unpaired) electrons. The van der Waals surface area contributed by atoms with Crippen molar-refractivity contribution in [1.29, 1.82) is 0 Å². The average molecular weight is 180 g/mol. The van der Waals surface area contributed by atoms with Crippen LogP contribution in [0.2, 0.25) is 0 Å². The maximum atomic E-state index is 10.2. The molecule has 5 heteroatoms. The molecule has 74 valence electrons. The minimum Gasteiger partial charge on any atom is -0.469 e. The third kappa shape index (κ3) is 16.2. The standard InChI is InChI=1S/C5H10O3.C2H6O2/c1-8-5(7)3-2-4-6;3-1-2-4/h6H,2-4H2,1H3;3-4H,1-2H2. The minimum atomic E-state index is -0.265. The Morgan fingerprint density at radius 3 is 1.92 bits per heavy atom. The first kappa shape index (κ1) is 13.9. The first-order valence-electron chi connectivity index (χ1n) is 3.62. The van der Waals surface area contributed by atoms with Gasteiger partial charge in [-0.2, -0.15) is 0 Å². The molecule has 0 aliphatic rings. The van der Waals surface area contributed by atoms with Crippen LogP contribution in [-0.2, 0) is 9.53 Å². The van der Waals surface area contributed by atoms with Crippen molar-refractivity contribution in [3.05, 3.63) is 0 Å². The van der Waals surface area contributed by atoms with E-state index >= 15 is 0 Å². The van der Waals surface area contributed by atoms with Crippen molar-refractivity contribution < 1.29 is 24.9 Å². The van der Waals surface area contributed by atoms with Crippen LogP contribution >= 0.6 is 0 Å². The normalized spacial score (nSPS) is 8.33. The fourth-order valence-electron chi connectivity index (χ4n) is 0.325. The zero-order chi connectivity index (χ0) is 9.82. The highest BCUT2D eigenvalue weighted by Gasteiger charge is 1.95. The van der Waals surface area contributed by atoms with Crippen LogP contribution in [0.25, 0.3) is 0 Å². The van der Waals surface area contributed by atoms with Crippen LogP contribution in [0.4, 0.5) is 0 Å². The van der Waals surface area contributed by atoms with Gasteiger partial charge in [0.15, 0.2) is 0 Å². The van der Waals surface area contributed by atoms with Crippen LogP contribution in [0, 0.1) is 0 Å². The lowest BCUT2D eigenvalue weighted by atomic mass is 10.3. The van der Waals surface area contributed by atoms with Gasteiger partial charge in [0.2, 0.25) is 0 Å². The summed E-state index contributed by atoms with van der Waals surface area (Å²) in [6, 6.07) is 0. The number of ether oxygens (including phenoxy) is 1. The predicted octanol–water partition coefficient (Wildman–Crippen LogP) is -1.10. The largest absolute Gasteiger partial charge is 0.469 e. The second kappa shape index (κ2) is 13.0. The Morgan fingerprint density at radius 1 is 1.17 bits per heavy atom. The second-order valence-electron chi connectivity index (χ2n) is 1.85. The molecule has 0 aromatic carbocycles. The summed E-state index contributed by atoms with van der Waals surface area (Å²) in [6.45, 7) is -0.199. The molecule has 0 unspecified atom stereocenters. The summed E-state index contributed by atoms with van der Waals surface area (Å²) in [7, 11) is 1.33. The summed E-state index contributed by atoms with van der Waals surface area (Å²) in [5.41, 5.74) is 0. The fourth-order valence-corrected chi connectivity index (χ4v) is 0.325. The highest BCUT2D eigenvalue weighted by molar-refractivity contribution is 5.68. The maximum absolute atomic E-state index is 10.2. The van der Waals surface area contributed by atoms with Crippen LogP contribution < -0.4 is 0 Å². The molecule has 0 rings (SSSR count). The minimum absolute atomic E-state index is 0.0507. The quantitative estimate of drug-likeness (QED) is 0.478. The summed E-state index contributed by atoms with van der Waals surface area (Å²) in [4.78, 5) is 10.2. The van der Waals surface area contributed by atoms with E-state index in [1.807, 2.05) is 0 Å². The monoisotopic (exact) mass is 180 g/mol. The van der Waals surface area contributed by atoms with Crippen molar-refractivity contribution >= 4 is 5.97 Å². The van der Waals surface area contributed by atoms with Gasteiger partial charge in [0, 0.05) is 13.0 Å². The van der Waals surface area contributed by atoms with Crippen LogP contribution in [0.3, 0.4) is 0 Å². The average Bonchev–Trinajstić information content (AvgIpc) is 2.14. The Labute approximate surface area is 71.6 Å². The number of hydrogen-bond acceptors (Lipinski definition) is 5. The summed E-state index contributed by atoms with van der Waals surface area (Å²) in [5.74, 6) is -0.265. The fraction of sp³-hybridized carbons (Fsp3) is 0.857. The van der Waals surface area contributed by atoms with Crippen molar-refractivity contribution in [2.45, 2.75) is 12.8 Å². The number of rotatable bonds is 4. The van der Waals surface area contributed by atoms with Gasteiger partial charge in [-0.15, -0.1) is 0 Å². The van der Waals surface area contributed by atoms with E-state index in [1.54, 1.807) is 0 Å². The zero-order valence-corrected chi connectivity index (χ0v) is 7.19. The van der Waals surface area contributed by atoms with E-state index in [0.29, 0.717) is 12.8 Å². The Morgan fingerprint density at radius 2 is 1.67 bits per heavy atom. The Balaban J connectivity index is 0. The smallest absolute Gasteiger partial charge is 0.305 e. The number of aliphatic hydroxyl groups is 3. The van der Waals surface area contributed by atoms with Gasteiger partial charge in [-0.1, -0.05) is 0 Å². The summed E-state index contributed by atoms with van der Waals surface area (Å²) >= 11 is 0. The van der Waals surface area contributed by atoms with E-state index in [-0.39, 0.29) is 25.8 Å². The topological polar surface area (TPSA) is 87.0 Å². The molecule has 0 atom stereocenters. The van der Waals surface area contributed by atoms with Gasteiger partial charge in [0.05, 0.1) is 20.3 Å². The van der Waals surface area contributed by atoms with Crippen molar-refractivity contribution in [2.75, 3.05) is 26.9 Å². The molecule has 0 saturated heterocycles. The lowest BCUT2D eigenvalue weighted by Gasteiger charge is -1.93. The molecule has 0 fully saturated rings. The van der Waals surface area contributed by atoms with E-state index in [1.165, 1.54) is 7.11 Å².